The van der Waals surface area contributed by atoms with Gasteiger partial charge in [0, 0.05) is 16.3 Å². The number of amides is 1. The molecule has 3 N–H and O–H groups in total. The molecule has 4 rings (SSSR count). The summed E-state index contributed by atoms with van der Waals surface area (Å²) in [6, 6.07) is 13.8. The van der Waals surface area contributed by atoms with Crippen molar-refractivity contribution in [3.05, 3.63) is 69.6 Å². The minimum absolute atomic E-state index is 0.345. The normalized spacial score (nSPS) is 16.3. The lowest BCUT2D eigenvalue weighted by Crippen LogP contribution is -2.31. The monoisotopic (exact) mass is 383 g/mol. The van der Waals surface area contributed by atoms with Crippen LogP contribution in [0.2, 0.25) is 0 Å². The van der Waals surface area contributed by atoms with Crippen molar-refractivity contribution in [3.8, 4) is 0 Å². The van der Waals surface area contributed by atoms with Crippen LogP contribution in [-0.4, -0.2) is 20.7 Å². The topological polar surface area (TPSA) is 85.8 Å². The maximum Gasteiger partial charge on any atom is 0.248 e. The van der Waals surface area contributed by atoms with E-state index in [9.17, 15) is 4.79 Å². The number of nitrogens with two attached hydrogens (primary N) is 1. The van der Waals surface area contributed by atoms with Crippen LogP contribution in [-0.2, 0) is 10.5 Å². The number of hydrogen-bond donors (Lipinski definition) is 2. The zero-order valence-corrected chi connectivity index (χ0v) is 15.7. The number of allylic oxidation sites excluding steroid dienone is 1. The standard InChI is InChI=1S/C18H17N5OS2/c1-11-14(16(19)24)15(13-8-5-9-25-13)23-17(20-11)21-18(22-23)26-10-12-6-3-2-4-7-12/h2-9,15H,10H2,1H3,(H2,19,24)(H,20,21,22). The number of benzene rings is 1. The summed E-state index contributed by atoms with van der Waals surface area (Å²) < 4.78 is 1.76. The van der Waals surface area contributed by atoms with Crippen molar-refractivity contribution in [1.29, 1.82) is 0 Å². The van der Waals surface area contributed by atoms with Crippen LogP contribution >= 0.6 is 23.1 Å². The number of primary amides is 1. The number of nitrogens with one attached hydrogen (secondary N) is 1. The van der Waals surface area contributed by atoms with Crippen LogP contribution in [0.5, 0.6) is 0 Å². The molecule has 3 heterocycles. The Morgan fingerprint density at radius 2 is 2.12 bits per heavy atom. The Morgan fingerprint density at radius 1 is 1.31 bits per heavy atom. The van der Waals surface area contributed by atoms with E-state index in [1.54, 1.807) is 27.8 Å². The smallest absolute Gasteiger partial charge is 0.248 e. The SMILES string of the molecule is CC1=C(C(N)=O)C(c2cccs2)n2nc(SCc3ccccc3)nc2N1. The van der Waals surface area contributed by atoms with Gasteiger partial charge in [0.05, 0.1) is 5.57 Å². The summed E-state index contributed by atoms with van der Waals surface area (Å²) in [4.78, 5) is 17.7. The number of anilines is 1. The molecule has 1 aliphatic rings. The van der Waals surface area contributed by atoms with E-state index in [1.165, 1.54) is 5.56 Å². The minimum atomic E-state index is -0.451. The summed E-state index contributed by atoms with van der Waals surface area (Å²) in [7, 11) is 0. The van der Waals surface area contributed by atoms with Gasteiger partial charge in [-0.15, -0.1) is 16.4 Å². The average Bonchev–Trinajstić information content (AvgIpc) is 3.29. The fourth-order valence-corrected chi connectivity index (χ4v) is 4.55. The third kappa shape index (κ3) is 3.13. The van der Waals surface area contributed by atoms with E-state index in [-0.39, 0.29) is 6.04 Å². The second kappa shape index (κ2) is 6.97. The first kappa shape index (κ1) is 16.9. The molecule has 0 bridgehead atoms. The summed E-state index contributed by atoms with van der Waals surface area (Å²) in [6.45, 7) is 1.84. The van der Waals surface area contributed by atoms with Crippen molar-refractivity contribution in [3.63, 3.8) is 0 Å². The Hall–Kier alpha value is -2.58. The number of thioether (sulfide) groups is 1. The number of aromatic nitrogens is 3. The Labute approximate surface area is 159 Å². The molecule has 0 saturated carbocycles. The molecule has 1 aromatic carbocycles. The van der Waals surface area contributed by atoms with Crippen molar-refractivity contribution < 1.29 is 4.79 Å². The number of fused-ring (bicyclic) bond motifs is 1. The van der Waals surface area contributed by atoms with Gasteiger partial charge in [-0.2, -0.15) is 4.98 Å². The fourth-order valence-electron chi connectivity index (χ4n) is 2.94. The molecule has 3 aromatic rings. The van der Waals surface area contributed by atoms with Gasteiger partial charge >= 0.3 is 0 Å². The molecule has 0 fully saturated rings. The first-order valence-corrected chi connectivity index (χ1v) is 9.94. The molecule has 2 aromatic heterocycles. The number of hydrogen-bond acceptors (Lipinski definition) is 6. The van der Waals surface area contributed by atoms with E-state index in [1.807, 2.05) is 42.6 Å². The number of rotatable bonds is 5. The zero-order chi connectivity index (χ0) is 18.1. The summed E-state index contributed by atoms with van der Waals surface area (Å²) in [5, 5.41) is 10.4. The molecular formula is C18H17N5OS2. The Morgan fingerprint density at radius 3 is 2.81 bits per heavy atom. The molecule has 0 spiro atoms. The van der Waals surface area contributed by atoms with Gasteiger partial charge in [0.2, 0.25) is 17.0 Å². The van der Waals surface area contributed by atoms with Gasteiger partial charge < -0.3 is 11.1 Å². The lowest BCUT2D eigenvalue weighted by atomic mass is 10.0. The first-order chi connectivity index (χ1) is 12.6. The van der Waals surface area contributed by atoms with Crippen molar-refractivity contribution in [2.75, 3.05) is 5.32 Å². The van der Waals surface area contributed by atoms with Crippen molar-refractivity contribution in [2.24, 2.45) is 5.73 Å². The molecule has 8 heteroatoms. The summed E-state index contributed by atoms with van der Waals surface area (Å²) in [5.74, 6) is 0.956. The molecule has 0 radical (unpaired) electrons. The Kier molecular flexibility index (Phi) is 4.52. The van der Waals surface area contributed by atoms with Gasteiger partial charge in [0.25, 0.3) is 0 Å². The highest BCUT2D eigenvalue weighted by molar-refractivity contribution is 7.98. The van der Waals surface area contributed by atoms with E-state index < -0.39 is 5.91 Å². The largest absolute Gasteiger partial charge is 0.366 e. The van der Waals surface area contributed by atoms with Gasteiger partial charge in [-0.1, -0.05) is 48.2 Å². The molecule has 132 valence electrons. The number of carbonyl (C=O) groups excluding carboxylic acids is 1. The highest BCUT2D eigenvalue weighted by atomic mass is 32.2. The molecule has 26 heavy (non-hydrogen) atoms. The molecule has 0 saturated heterocycles. The Bertz CT molecular complexity index is 963. The number of carbonyl (C=O) groups is 1. The fraction of sp³-hybridized carbons (Fsp3) is 0.167. The highest BCUT2D eigenvalue weighted by Gasteiger charge is 2.33. The third-order valence-electron chi connectivity index (χ3n) is 4.12. The van der Waals surface area contributed by atoms with Crippen molar-refractivity contribution in [1.82, 2.24) is 14.8 Å². The number of nitrogens with zero attached hydrogens (tertiary/aromatic N) is 3. The summed E-state index contributed by atoms with van der Waals surface area (Å²) in [5.41, 5.74) is 8.10. The quantitative estimate of drug-likeness (QED) is 0.660. The predicted molar refractivity (Wildman–Crippen MR) is 104 cm³/mol. The molecule has 1 atom stereocenters. The van der Waals surface area contributed by atoms with Gasteiger partial charge in [-0.25, -0.2) is 4.68 Å². The predicted octanol–water partition coefficient (Wildman–Crippen LogP) is 3.41. The minimum Gasteiger partial charge on any atom is -0.366 e. The molecule has 1 amide bonds. The van der Waals surface area contributed by atoms with Crippen LogP contribution in [0.4, 0.5) is 5.95 Å². The van der Waals surface area contributed by atoms with Crippen LogP contribution in [0.1, 0.15) is 23.4 Å². The maximum absolute atomic E-state index is 12.1. The van der Waals surface area contributed by atoms with E-state index in [2.05, 4.69) is 27.5 Å². The van der Waals surface area contributed by atoms with Crippen LogP contribution in [0, 0.1) is 0 Å². The summed E-state index contributed by atoms with van der Waals surface area (Å²) >= 11 is 3.13. The molecule has 6 nitrogen and oxygen atoms in total. The second-order valence-corrected chi connectivity index (χ2v) is 7.80. The molecular weight excluding hydrogens is 366 g/mol. The molecule has 1 unspecified atom stereocenters. The van der Waals surface area contributed by atoms with Gasteiger partial charge in [-0.05, 0) is 23.9 Å². The second-order valence-electron chi connectivity index (χ2n) is 5.88. The van der Waals surface area contributed by atoms with Crippen LogP contribution in [0.25, 0.3) is 0 Å². The van der Waals surface area contributed by atoms with Gasteiger partial charge in [0.1, 0.15) is 6.04 Å². The van der Waals surface area contributed by atoms with Crippen LogP contribution < -0.4 is 11.1 Å². The van der Waals surface area contributed by atoms with Crippen molar-refractivity contribution in [2.45, 2.75) is 23.9 Å². The van der Waals surface area contributed by atoms with E-state index >= 15 is 0 Å². The highest BCUT2D eigenvalue weighted by Crippen LogP contribution is 2.37. The van der Waals surface area contributed by atoms with Gasteiger partial charge in [0.15, 0.2) is 0 Å². The zero-order valence-electron chi connectivity index (χ0n) is 14.0. The third-order valence-corrected chi connectivity index (χ3v) is 5.96. The van der Waals surface area contributed by atoms with E-state index in [4.69, 9.17) is 5.73 Å². The van der Waals surface area contributed by atoms with E-state index in [0.29, 0.717) is 16.7 Å². The average molecular weight is 384 g/mol. The van der Waals surface area contributed by atoms with Crippen LogP contribution in [0.3, 0.4) is 0 Å². The van der Waals surface area contributed by atoms with Crippen molar-refractivity contribution >= 4 is 35.0 Å². The van der Waals surface area contributed by atoms with Gasteiger partial charge in [-0.3, -0.25) is 4.79 Å². The lowest BCUT2D eigenvalue weighted by Gasteiger charge is -2.26. The van der Waals surface area contributed by atoms with Crippen LogP contribution in [0.15, 0.2) is 64.3 Å². The Balaban J connectivity index is 1.67. The summed E-state index contributed by atoms with van der Waals surface area (Å²) in [6.07, 6.45) is 0. The van der Waals surface area contributed by atoms with E-state index in [0.717, 1.165) is 16.3 Å². The lowest BCUT2D eigenvalue weighted by molar-refractivity contribution is -0.115. The first-order valence-electron chi connectivity index (χ1n) is 8.07. The maximum atomic E-state index is 12.1. The number of thiophene rings is 1. The molecule has 1 aliphatic heterocycles. The molecule has 0 aliphatic carbocycles.